The van der Waals surface area contributed by atoms with Crippen molar-refractivity contribution in [2.75, 3.05) is 32.8 Å². The average Bonchev–Trinajstić information content (AvgIpc) is 2.64. The fourth-order valence-electron chi connectivity index (χ4n) is 4.31. The number of likely N-dealkylation sites (tertiary alicyclic amines) is 2. The van der Waals surface area contributed by atoms with Crippen LogP contribution in [0.15, 0.2) is 18.2 Å². The Balaban J connectivity index is 1.75. The first-order valence-electron chi connectivity index (χ1n) is 9.42. The standard InChI is InChI=1S/C20H28N2O4/c1-15-16(5-2-6-17(15)24)19(26)22-10-3-8-20(14-22)9-7-18(25)21(13-20)11-4-12-23/h2,5-6,23-24H,3-4,7-14H2,1H3/t20-/m0/s1. The molecule has 2 heterocycles. The van der Waals surface area contributed by atoms with Gasteiger partial charge in [0.2, 0.25) is 5.91 Å². The van der Waals surface area contributed by atoms with Gasteiger partial charge in [0.15, 0.2) is 0 Å². The minimum absolute atomic E-state index is 0.0451. The van der Waals surface area contributed by atoms with Crippen LogP contribution in [0.1, 0.15) is 48.0 Å². The molecular formula is C20H28N2O4. The summed E-state index contributed by atoms with van der Waals surface area (Å²) in [6, 6.07) is 5.05. The fraction of sp³-hybridized carbons (Fsp3) is 0.600. The van der Waals surface area contributed by atoms with E-state index in [9.17, 15) is 14.7 Å². The molecule has 0 saturated carbocycles. The highest BCUT2D eigenvalue weighted by Crippen LogP contribution is 2.39. The van der Waals surface area contributed by atoms with E-state index in [2.05, 4.69) is 0 Å². The Bertz CT molecular complexity index is 690. The van der Waals surface area contributed by atoms with Gasteiger partial charge in [-0.25, -0.2) is 0 Å². The largest absolute Gasteiger partial charge is 0.508 e. The van der Waals surface area contributed by atoms with Crippen LogP contribution >= 0.6 is 0 Å². The summed E-state index contributed by atoms with van der Waals surface area (Å²) in [5, 5.41) is 19.0. The molecule has 1 aromatic carbocycles. The Morgan fingerprint density at radius 3 is 2.85 bits per heavy atom. The van der Waals surface area contributed by atoms with Gasteiger partial charge in [0, 0.05) is 55.7 Å². The maximum absolute atomic E-state index is 13.0. The molecule has 1 spiro atoms. The maximum Gasteiger partial charge on any atom is 0.254 e. The second-order valence-corrected chi connectivity index (χ2v) is 7.67. The molecular weight excluding hydrogens is 332 g/mol. The summed E-state index contributed by atoms with van der Waals surface area (Å²) in [6.07, 6.45) is 3.85. The van der Waals surface area contributed by atoms with E-state index in [1.165, 1.54) is 0 Å². The molecule has 0 unspecified atom stereocenters. The molecule has 2 N–H and O–H groups in total. The van der Waals surface area contributed by atoms with Gasteiger partial charge in [-0.05, 0) is 44.7 Å². The van der Waals surface area contributed by atoms with Crippen molar-refractivity contribution >= 4 is 11.8 Å². The number of rotatable bonds is 4. The zero-order valence-electron chi connectivity index (χ0n) is 15.4. The summed E-state index contributed by atoms with van der Waals surface area (Å²) in [5.41, 5.74) is 1.11. The minimum atomic E-state index is -0.0536. The highest BCUT2D eigenvalue weighted by atomic mass is 16.3. The van der Waals surface area contributed by atoms with Crippen molar-refractivity contribution < 1.29 is 19.8 Å². The number of hydrogen-bond donors (Lipinski definition) is 2. The molecule has 6 heteroatoms. The molecule has 1 atom stereocenters. The van der Waals surface area contributed by atoms with Crippen molar-refractivity contribution in [3.8, 4) is 5.75 Å². The van der Waals surface area contributed by atoms with Crippen LogP contribution < -0.4 is 0 Å². The Morgan fingerprint density at radius 1 is 1.27 bits per heavy atom. The monoisotopic (exact) mass is 360 g/mol. The number of phenolic OH excluding ortho intramolecular Hbond substituents is 1. The number of amides is 2. The van der Waals surface area contributed by atoms with Gasteiger partial charge in [0.25, 0.3) is 5.91 Å². The molecule has 2 amide bonds. The summed E-state index contributed by atoms with van der Waals surface area (Å²) in [5.74, 6) is 0.244. The summed E-state index contributed by atoms with van der Waals surface area (Å²) >= 11 is 0. The molecule has 26 heavy (non-hydrogen) atoms. The van der Waals surface area contributed by atoms with Gasteiger partial charge in [-0.15, -0.1) is 0 Å². The first-order chi connectivity index (χ1) is 12.5. The number of carbonyl (C=O) groups excluding carboxylic acids is 2. The van der Waals surface area contributed by atoms with Crippen molar-refractivity contribution in [2.24, 2.45) is 5.41 Å². The number of phenols is 1. The predicted molar refractivity (Wildman–Crippen MR) is 97.9 cm³/mol. The Morgan fingerprint density at radius 2 is 2.08 bits per heavy atom. The third-order valence-corrected chi connectivity index (χ3v) is 5.82. The van der Waals surface area contributed by atoms with Crippen molar-refractivity contribution in [2.45, 2.75) is 39.0 Å². The van der Waals surface area contributed by atoms with Gasteiger partial charge in [0.1, 0.15) is 5.75 Å². The average molecular weight is 360 g/mol. The van der Waals surface area contributed by atoms with Crippen LogP contribution in [0.4, 0.5) is 0 Å². The molecule has 3 rings (SSSR count). The first-order valence-corrected chi connectivity index (χ1v) is 9.42. The third-order valence-electron chi connectivity index (χ3n) is 5.82. The lowest BCUT2D eigenvalue weighted by molar-refractivity contribution is -0.139. The predicted octanol–water partition coefficient (Wildman–Crippen LogP) is 1.93. The Kier molecular flexibility index (Phi) is 5.51. The lowest BCUT2D eigenvalue weighted by Gasteiger charge is -2.48. The molecule has 142 valence electrons. The molecule has 0 radical (unpaired) electrons. The van der Waals surface area contributed by atoms with Gasteiger partial charge in [0.05, 0.1) is 0 Å². The van der Waals surface area contributed by atoms with Gasteiger partial charge in [-0.1, -0.05) is 6.07 Å². The van der Waals surface area contributed by atoms with E-state index in [0.29, 0.717) is 50.1 Å². The number of aliphatic hydroxyl groups is 1. The molecule has 0 bridgehead atoms. The molecule has 2 aliphatic rings. The van der Waals surface area contributed by atoms with Crippen LogP contribution in [0.25, 0.3) is 0 Å². The van der Waals surface area contributed by atoms with Crippen LogP contribution in [0.2, 0.25) is 0 Å². The summed E-state index contributed by atoms with van der Waals surface area (Å²) in [6.45, 7) is 4.44. The van der Waals surface area contributed by atoms with Gasteiger partial charge >= 0.3 is 0 Å². The van der Waals surface area contributed by atoms with Crippen molar-refractivity contribution in [1.29, 1.82) is 0 Å². The van der Waals surface area contributed by atoms with Gasteiger partial charge in [-0.2, -0.15) is 0 Å². The molecule has 6 nitrogen and oxygen atoms in total. The zero-order chi connectivity index (χ0) is 18.7. The molecule has 1 aromatic rings. The summed E-state index contributed by atoms with van der Waals surface area (Å²) in [4.78, 5) is 28.9. The normalized spacial score (nSPS) is 23.5. The molecule has 0 aromatic heterocycles. The fourth-order valence-corrected chi connectivity index (χ4v) is 4.31. The number of aliphatic hydroxyl groups excluding tert-OH is 1. The molecule has 2 fully saturated rings. The second kappa shape index (κ2) is 7.66. The zero-order valence-corrected chi connectivity index (χ0v) is 15.4. The maximum atomic E-state index is 13.0. The Hall–Kier alpha value is -2.08. The van der Waals surface area contributed by atoms with E-state index in [-0.39, 0.29) is 29.6 Å². The van der Waals surface area contributed by atoms with E-state index in [1.54, 1.807) is 25.1 Å². The molecule has 2 saturated heterocycles. The van der Waals surface area contributed by atoms with Crippen LogP contribution in [0, 0.1) is 12.3 Å². The second-order valence-electron chi connectivity index (χ2n) is 7.67. The third kappa shape index (κ3) is 3.70. The van der Waals surface area contributed by atoms with E-state index in [0.717, 1.165) is 19.3 Å². The number of aromatic hydroxyl groups is 1. The summed E-state index contributed by atoms with van der Waals surface area (Å²) in [7, 11) is 0. The topological polar surface area (TPSA) is 81.1 Å². The number of carbonyl (C=O) groups is 2. The lowest BCUT2D eigenvalue weighted by atomic mass is 9.73. The minimum Gasteiger partial charge on any atom is -0.508 e. The molecule has 0 aliphatic carbocycles. The van der Waals surface area contributed by atoms with Crippen LogP contribution in [0.5, 0.6) is 5.75 Å². The highest BCUT2D eigenvalue weighted by molar-refractivity contribution is 5.96. The van der Waals surface area contributed by atoms with Crippen molar-refractivity contribution in [3.63, 3.8) is 0 Å². The lowest BCUT2D eigenvalue weighted by Crippen LogP contribution is -2.55. The van der Waals surface area contributed by atoms with E-state index in [1.807, 2.05) is 9.80 Å². The molecule has 2 aliphatic heterocycles. The van der Waals surface area contributed by atoms with Crippen molar-refractivity contribution in [3.05, 3.63) is 29.3 Å². The quantitative estimate of drug-likeness (QED) is 0.860. The van der Waals surface area contributed by atoms with E-state index >= 15 is 0 Å². The van der Waals surface area contributed by atoms with Gasteiger partial charge < -0.3 is 20.0 Å². The number of benzene rings is 1. The highest BCUT2D eigenvalue weighted by Gasteiger charge is 2.42. The Labute approximate surface area is 154 Å². The number of piperidine rings is 2. The van der Waals surface area contributed by atoms with E-state index < -0.39 is 0 Å². The summed E-state index contributed by atoms with van der Waals surface area (Å²) < 4.78 is 0. The van der Waals surface area contributed by atoms with E-state index in [4.69, 9.17) is 5.11 Å². The smallest absolute Gasteiger partial charge is 0.254 e. The first kappa shape index (κ1) is 18.7. The van der Waals surface area contributed by atoms with Crippen LogP contribution in [-0.4, -0.2) is 64.6 Å². The number of nitrogens with zero attached hydrogens (tertiary/aromatic N) is 2. The SMILES string of the molecule is Cc1c(O)cccc1C(=O)N1CCC[C@@]2(CCC(=O)N(CCCO)C2)C1. The van der Waals surface area contributed by atoms with Crippen LogP contribution in [0.3, 0.4) is 0 Å². The van der Waals surface area contributed by atoms with Crippen molar-refractivity contribution in [1.82, 2.24) is 9.80 Å². The van der Waals surface area contributed by atoms with Crippen LogP contribution in [-0.2, 0) is 4.79 Å². The van der Waals surface area contributed by atoms with Gasteiger partial charge in [-0.3, -0.25) is 9.59 Å². The number of hydrogen-bond acceptors (Lipinski definition) is 4.